The van der Waals surface area contributed by atoms with Crippen LogP contribution in [0.5, 0.6) is 0 Å². The molecule has 0 aliphatic carbocycles. The van der Waals surface area contributed by atoms with Gasteiger partial charge in [-0.2, -0.15) is 0 Å². The average Bonchev–Trinajstić information content (AvgIpc) is 1.63. The van der Waals surface area contributed by atoms with E-state index in [-0.39, 0.29) is 5.54 Å². The van der Waals surface area contributed by atoms with Gasteiger partial charge in [-0.3, -0.25) is 0 Å². The summed E-state index contributed by atoms with van der Waals surface area (Å²) in [5.74, 6) is 0. The molecule has 0 rings (SSSR count). The van der Waals surface area contributed by atoms with Gasteiger partial charge < -0.3 is 16.6 Å². The Morgan fingerprint density at radius 2 is 1.80 bits per heavy atom. The Morgan fingerprint density at radius 3 is 1.80 bits per heavy atom. The van der Waals surface area contributed by atoms with Gasteiger partial charge in [-0.05, 0) is 13.8 Å². The number of carbonyl (C=O) groups is 1. The Balaban J connectivity index is 0. The first kappa shape index (κ1) is 11.7. The predicted octanol–water partition coefficient (Wildman–Crippen LogP) is 0.533. The summed E-state index contributed by atoms with van der Waals surface area (Å²) in [5.41, 5.74) is 9.25. The molecule has 0 aliphatic rings. The Labute approximate surface area is 60.5 Å². The number of carboxylic acid groups (broad SMARTS) is 1. The summed E-state index contributed by atoms with van der Waals surface area (Å²) in [6.45, 7) is 7.31. The van der Waals surface area contributed by atoms with Gasteiger partial charge in [-0.15, -0.1) is 6.58 Å². The number of primary amides is 1. The van der Waals surface area contributed by atoms with Gasteiger partial charge in [-0.25, -0.2) is 4.79 Å². The largest absolute Gasteiger partial charge is 0.465 e. The molecule has 0 aromatic rings. The second-order valence-electron chi connectivity index (χ2n) is 2.36. The number of hydrogen-bond acceptors (Lipinski definition) is 2. The molecule has 4 nitrogen and oxygen atoms in total. The quantitative estimate of drug-likeness (QED) is 0.471. The monoisotopic (exact) mass is 146 g/mol. The van der Waals surface area contributed by atoms with Crippen molar-refractivity contribution >= 4 is 6.09 Å². The molecule has 0 saturated carbocycles. The van der Waals surface area contributed by atoms with Crippen LogP contribution in [0.25, 0.3) is 0 Å². The molecule has 0 atom stereocenters. The van der Waals surface area contributed by atoms with Crippen LogP contribution in [0, 0.1) is 0 Å². The second kappa shape index (κ2) is 4.81. The fourth-order valence-corrected chi connectivity index (χ4v) is 0. The maximum atomic E-state index is 8.78. The molecular weight excluding hydrogens is 132 g/mol. The van der Waals surface area contributed by atoms with Crippen molar-refractivity contribution in [3.63, 3.8) is 0 Å². The van der Waals surface area contributed by atoms with Crippen molar-refractivity contribution in [3.05, 3.63) is 12.7 Å². The van der Waals surface area contributed by atoms with Gasteiger partial charge in [0.15, 0.2) is 0 Å². The zero-order chi connectivity index (χ0) is 8.78. The van der Waals surface area contributed by atoms with Crippen molar-refractivity contribution in [2.75, 3.05) is 0 Å². The molecule has 0 saturated heterocycles. The van der Waals surface area contributed by atoms with E-state index in [0.717, 1.165) is 0 Å². The lowest BCUT2D eigenvalue weighted by Gasteiger charge is -2.08. The van der Waals surface area contributed by atoms with Crippen molar-refractivity contribution in [2.24, 2.45) is 11.5 Å². The number of nitrogens with two attached hydrogens (primary N) is 2. The highest BCUT2D eigenvalue weighted by Crippen LogP contribution is 1.93. The van der Waals surface area contributed by atoms with E-state index in [4.69, 9.17) is 15.6 Å². The summed E-state index contributed by atoms with van der Waals surface area (Å²) in [6, 6.07) is 0. The summed E-state index contributed by atoms with van der Waals surface area (Å²) in [5, 5.41) is 7.19. The third kappa shape index (κ3) is 64.0. The van der Waals surface area contributed by atoms with E-state index in [1.807, 2.05) is 13.8 Å². The highest BCUT2D eigenvalue weighted by molar-refractivity contribution is 5.61. The van der Waals surface area contributed by atoms with Gasteiger partial charge in [-0.1, -0.05) is 6.08 Å². The first-order chi connectivity index (χ1) is 4.29. The van der Waals surface area contributed by atoms with Crippen molar-refractivity contribution < 1.29 is 9.90 Å². The zero-order valence-corrected chi connectivity index (χ0v) is 6.29. The molecule has 0 radical (unpaired) electrons. The fraction of sp³-hybridized carbons (Fsp3) is 0.500. The fourth-order valence-electron chi connectivity index (χ4n) is 0. The zero-order valence-electron chi connectivity index (χ0n) is 6.29. The lowest BCUT2D eigenvalue weighted by atomic mass is 10.1. The van der Waals surface area contributed by atoms with Crippen LogP contribution in [0.2, 0.25) is 0 Å². The summed E-state index contributed by atoms with van der Waals surface area (Å²) in [7, 11) is 0. The number of hydrogen-bond donors (Lipinski definition) is 3. The Hall–Kier alpha value is -1.03. The van der Waals surface area contributed by atoms with Crippen LogP contribution >= 0.6 is 0 Å². The predicted molar refractivity (Wildman–Crippen MR) is 40.7 cm³/mol. The molecule has 0 aliphatic heterocycles. The highest BCUT2D eigenvalue weighted by Gasteiger charge is 1.99. The molecular formula is C6H14N2O2. The van der Waals surface area contributed by atoms with Crippen molar-refractivity contribution in [1.82, 2.24) is 0 Å². The maximum Gasteiger partial charge on any atom is 0.402 e. The minimum Gasteiger partial charge on any atom is -0.465 e. The van der Waals surface area contributed by atoms with Gasteiger partial charge >= 0.3 is 6.09 Å². The van der Waals surface area contributed by atoms with Crippen LogP contribution < -0.4 is 11.5 Å². The van der Waals surface area contributed by atoms with Crippen molar-refractivity contribution in [1.29, 1.82) is 0 Å². The normalized spacial score (nSPS) is 9.10. The van der Waals surface area contributed by atoms with E-state index in [1.165, 1.54) is 0 Å². The Kier molecular flexibility index (Phi) is 5.64. The van der Waals surface area contributed by atoms with E-state index < -0.39 is 6.09 Å². The molecule has 0 unspecified atom stereocenters. The Bertz CT molecular complexity index is 111. The van der Waals surface area contributed by atoms with Gasteiger partial charge in [0.2, 0.25) is 0 Å². The molecule has 0 bridgehead atoms. The molecule has 5 N–H and O–H groups in total. The molecule has 60 valence electrons. The van der Waals surface area contributed by atoms with E-state index in [0.29, 0.717) is 0 Å². The summed E-state index contributed by atoms with van der Waals surface area (Å²) < 4.78 is 0. The third-order valence-corrected chi connectivity index (χ3v) is 0.526. The van der Waals surface area contributed by atoms with Crippen LogP contribution in [-0.4, -0.2) is 16.7 Å². The molecule has 10 heavy (non-hydrogen) atoms. The van der Waals surface area contributed by atoms with E-state index in [1.54, 1.807) is 6.08 Å². The van der Waals surface area contributed by atoms with Crippen LogP contribution in [0.1, 0.15) is 13.8 Å². The van der Waals surface area contributed by atoms with Crippen molar-refractivity contribution in [3.8, 4) is 0 Å². The Morgan fingerprint density at radius 1 is 1.70 bits per heavy atom. The highest BCUT2D eigenvalue weighted by atomic mass is 16.4. The molecule has 0 spiro atoms. The topological polar surface area (TPSA) is 89.3 Å². The summed E-state index contributed by atoms with van der Waals surface area (Å²) >= 11 is 0. The third-order valence-electron chi connectivity index (χ3n) is 0.526. The molecule has 0 heterocycles. The van der Waals surface area contributed by atoms with E-state index in [2.05, 4.69) is 12.3 Å². The SMILES string of the molecule is C=CC(C)(C)N.NC(=O)O. The summed E-state index contributed by atoms with van der Waals surface area (Å²) in [4.78, 5) is 8.78. The molecule has 1 amide bonds. The van der Waals surface area contributed by atoms with Crippen LogP contribution in [0.15, 0.2) is 12.7 Å². The van der Waals surface area contributed by atoms with Gasteiger partial charge in [0.05, 0.1) is 0 Å². The molecule has 0 aromatic carbocycles. The average molecular weight is 146 g/mol. The van der Waals surface area contributed by atoms with Crippen LogP contribution in [0.4, 0.5) is 4.79 Å². The first-order valence-corrected chi connectivity index (χ1v) is 2.70. The number of amides is 1. The molecule has 0 aromatic heterocycles. The van der Waals surface area contributed by atoms with Crippen molar-refractivity contribution in [2.45, 2.75) is 19.4 Å². The molecule has 4 heteroatoms. The first-order valence-electron chi connectivity index (χ1n) is 2.70. The van der Waals surface area contributed by atoms with Gasteiger partial charge in [0, 0.05) is 5.54 Å². The molecule has 0 fully saturated rings. The van der Waals surface area contributed by atoms with Gasteiger partial charge in [0.1, 0.15) is 0 Å². The lowest BCUT2D eigenvalue weighted by Crippen LogP contribution is -2.27. The summed E-state index contributed by atoms with van der Waals surface area (Å²) in [6.07, 6.45) is 0.382. The number of rotatable bonds is 1. The smallest absolute Gasteiger partial charge is 0.402 e. The van der Waals surface area contributed by atoms with E-state index in [9.17, 15) is 0 Å². The van der Waals surface area contributed by atoms with E-state index >= 15 is 0 Å². The minimum absolute atomic E-state index is 0.194. The minimum atomic E-state index is -1.33. The van der Waals surface area contributed by atoms with Gasteiger partial charge in [0.25, 0.3) is 0 Å². The standard InChI is InChI=1S/C5H11N.CH3NO2/c1-4-5(2,3)6;2-1(3)4/h4H,1,6H2,2-3H3;2H2,(H,3,4). The van der Waals surface area contributed by atoms with Crippen LogP contribution in [0.3, 0.4) is 0 Å². The maximum absolute atomic E-state index is 8.78. The second-order valence-corrected chi connectivity index (χ2v) is 2.36. The lowest BCUT2D eigenvalue weighted by molar-refractivity contribution is 0.205. The van der Waals surface area contributed by atoms with Crippen LogP contribution in [-0.2, 0) is 0 Å².